The highest BCUT2D eigenvalue weighted by atomic mass is 35.5. The van der Waals surface area contributed by atoms with Gasteiger partial charge < -0.3 is 4.74 Å². The van der Waals surface area contributed by atoms with Gasteiger partial charge in [0.2, 0.25) is 0 Å². The highest BCUT2D eigenvalue weighted by molar-refractivity contribution is 6.30. The summed E-state index contributed by atoms with van der Waals surface area (Å²) < 4.78 is 5.78. The number of anilines is 1. The van der Waals surface area contributed by atoms with E-state index in [1.54, 1.807) is 6.21 Å². The third kappa shape index (κ3) is 5.12. The number of nitrogens with zero attached hydrogens (tertiary/aromatic N) is 1. The number of halogens is 1. The number of para-hydroxylation sites is 1. The summed E-state index contributed by atoms with van der Waals surface area (Å²) >= 11 is 5.92. The lowest BCUT2D eigenvalue weighted by atomic mass is 10.2. The molecule has 0 saturated carbocycles. The number of hydrogen-bond acceptors (Lipinski definition) is 3. The van der Waals surface area contributed by atoms with Crippen LogP contribution in [0.25, 0.3) is 0 Å². The van der Waals surface area contributed by atoms with E-state index in [-0.39, 0.29) is 0 Å². The molecule has 0 atom stereocenters. The van der Waals surface area contributed by atoms with Crippen LogP contribution in [0.1, 0.15) is 19.4 Å². The van der Waals surface area contributed by atoms with Gasteiger partial charge in [0, 0.05) is 10.6 Å². The van der Waals surface area contributed by atoms with E-state index in [0.29, 0.717) is 17.5 Å². The lowest BCUT2D eigenvalue weighted by molar-refractivity contribution is 0.271. The maximum Gasteiger partial charge on any atom is 0.128 e. The van der Waals surface area contributed by atoms with Gasteiger partial charge in [-0.05, 0) is 36.2 Å². The average Bonchev–Trinajstić information content (AvgIpc) is 2.46. The SMILES string of the molecule is CC(C)COc1ccccc1C=NNc1cccc(Cl)c1. The van der Waals surface area contributed by atoms with Crippen LogP contribution in [0.2, 0.25) is 5.02 Å². The molecule has 0 aliphatic heterocycles. The van der Waals surface area contributed by atoms with E-state index in [2.05, 4.69) is 24.4 Å². The van der Waals surface area contributed by atoms with Crippen molar-refractivity contribution in [1.29, 1.82) is 0 Å². The van der Waals surface area contributed by atoms with Gasteiger partial charge in [0.05, 0.1) is 18.5 Å². The molecule has 0 radical (unpaired) electrons. The maximum atomic E-state index is 5.92. The molecular formula is C17H19ClN2O. The number of benzene rings is 2. The van der Waals surface area contributed by atoms with Crippen molar-refractivity contribution in [2.45, 2.75) is 13.8 Å². The second kappa shape index (κ2) is 7.70. The Morgan fingerprint density at radius 1 is 1.19 bits per heavy atom. The largest absolute Gasteiger partial charge is 0.493 e. The summed E-state index contributed by atoms with van der Waals surface area (Å²) in [5.41, 5.74) is 4.74. The first-order chi connectivity index (χ1) is 10.1. The molecule has 0 aliphatic carbocycles. The second-order valence-corrected chi connectivity index (χ2v) is 5.56. The van der Waals surface area contributed by atoms with Gasteiger partial charge in [0.15, 0.2) is 0 Å². The molecule has 0 aromatic heterocycles. The molecule has 3 nitrogen and oxygen atoms in total. The number of ether oxygens (including phenoxy) is 1. The summed E-state index contributed by atoms with van der Waals surface area (Å²) in [6.07, 6.45) is 1.75. The number of hydrazone groups is 1. The van der Waals surface area contributed by atoms with E-state index in [4.69, 9.17) is 16.3 Å². The van der Waals surface area contributed by atoms with Crippen molar-refractivity contribution >= 4 is 23.5 Å². The zero-order valence-corrected chi connectivity index (χ0v) is 13.0. The zero-order chi connectivity index (χ0) is 15.1. The van der Waals surface area contributed by atoms with E-state index in [1.807, 2.05) is 48.5 Å². The van der Waals surface area contributed by atoms with E-state index >= 15 is 0 Å². The van der Waals surface area contributed by atoms with Crippen LogP contribution in [0, 0.1) is 5.92 Å². The Labute approximate surface area is 130 Å². The first-order valence-corrected chi connectivity index (χ1v) is 7.29. The minimum Gasteiger partial charge on any atom is -0.493 e. The van der Waals surface area contributed by atoms with Crippen molar-refractivity contribution in [3.63, 3.8) is 0 Å². The molecule has 1 N–H and O–H groups in total. The molecule has 0 aliphatic rings. The molecule has 0 heterocycles. The molecule has 0 amide bonds. The van der Waals surface area contributed by atoms with Crippen LogP contribution in [0.5, 0.6) is 5.75 Å². The molecule has 2 rings (SSSR count). The van der Waals surface area contributed by atoms with Gasteiger partial charge >= 0.3 is 0 Å². The third-order valence-corrected chi connectivity index (χ3v) is 2.95. The Morgan fingerprint density at radius 2 is 2.00 bits per heavy atom. The summed E-state index contributed by atoms with van der Waals surface area (Å²) in [5, 5.41) is 4.90. The summed E-state index contributed by atoms with van der Waals surface area (Å²) in [6.45, 7) is 4.93. The van der Waals surface area contributed by atoms with Crippen molar-refractivity contribution < 1.29 is 4.74 Å². The Balaban J connectivity index is 2.03. The van der Waals surface area contributed by atoms with Gasteiger partial charge in [-0.15, -0.1) is 0 Å². The Hall–Kier alpha value is -2.00. The Bertz CT molecular complexity index is 611. The molecule has 21 heavy (non-hydrogen) atoms. The topological polar surface area (TPSA) is 33.6 Å². The minimum absolute atomic E-state index is 0.486. The van der Waals surface area contributed by atoms with Crippen LogP contribution in [0.4, 0.5) is 5.69 Å². The number of nitrogens with one attached hydrogen (secondary N) is 1. The van der Waals surface area contributed by atoms with E-state index < -0.39 is 0 Å². The Kier molecular flexibility index (Phi) is 5.64. The second-order valence-electron chi connectivity index (χ2n) is 5.12. The normalized spacial score (nSPS) is 11.0. The van der Waals surface area contributed by atoms with Gasteiger partial charge in [-0.2, -0.15) is 5.10 Å². The van der Waals surface area contributed by atoms with E-state index in [0.717, 1.165) is 17.0 Å². The third-order valence-electron chi connectivity index (χ3n) is 2.71. The first kappa shape index (κ1) is 15.4. The quantitative estimate of drug-likeness (QED) is 0.613. The minimum atomic E-state index is 0.486. The smallest absolute Gasteiger partial charge is 0.128 e. The fourth-order valence-electron chi connectivity index (χ4n) is 1.71. The molecule has 0 fully saturated rings. The highest BCUT2D eigenvalue weighted by Gasteiger charge is 2.02. The van der Waals surface area contributed by atoms with E-state index in [9.17, 15) is 0 Å². The van der Waals surface area contributed by atoms with Gasteiger partial charge in [0.25, 0.3) is 0 Å². The predicted molar refractivity (Wildman–Crippen MR) is 89.4 cm³/mol. The molecule has 0 saturated heterocycles. The average molecular weight is 303 g/mol. The summed E-state index contributed by atoms with van der Waals surface area (Å²) in [6, 6.07) is 15.3. The fourth-order valence-corrected chi connectivity index (χ4v) is 1.90. The molecule has 2 aromatic carbocycles. The number of rotatable bonds is 6. The van der Waals surface area contributed by atoms with Gasteiger partial charge in [0.1, 0.15) is 5.75 Å². The van der Waals surface area contributed by atoms with E-state index in [1.165, 1.54) is 0 Å². The molecule has 110 valence electrons. The van der Waals surface area contributed by atoms with Crippen molar-refractivity contribution in [3.05, 3.63) is 59.1 Å². The molecule has 0 unspecified atom stereocenters. The van der Waals surface area contributed by atoms with Crippen molar-refractivity contribution in [2.24, 2.45) is 11.0 Å². The lowest BCUT2D eigenvalue weighted by Gasteiger charge is -2.10. The van der Waals surface area contributed by atoms with Gasteiger partial charge in [-0.3, -0.25) is 5.43 Å². The molecule has 0 bridgehead atoms. The van der Waals surface area contributed by atoms with Crippen LogP contribution >= 0.6 is 11.6 Å². The van der Waals surface area contributed by atoms with Crippen molar-refractivity contribution in [3.8, 4) is 5.75 Å². The molecular weight excluding hydrogens is 284 g/mol. The van der Waals surface area contributed by atoms with Crippen LogP contribution in [0.15, 0.2) is 53.6 Å². The van der Waals surface area contributed by atoms with Crippen LogP contribution in [-0.2, 0) is 0 Å². The van der Waals surface area contributed by atoms with Gasteiger partial charge in [-0.25, -0.2) is 0 Å². The summed E-state index contributed by atoms with van der Waals surface area (Å²) in [4.78, 5) is 0. The summed E-state index contributed by atoms with van der Waals surface area (Å²) in [5.74, 6) is 1.32. The standard InChI is InChI=1S/C17H19ClN2O/c1-13(2)12-21-17-9-4-3-6-14(17)11-19-20-16-8-5-7-15(18)10-16/h3-11,13,20H,12H2,1-2H3. The molecule has 2 aromatic rings. The molecule has 4 heteroatoms. The highest BCUT2D eigenvalue weighted by Crippen LogP contribution is 2.18. The predicted octanol–water partition coefficient (Wildman–Crippen LogP) is 4.82. The van der Waals surface area contributed by atoms with Crippen molar-refractivity contribution in [1.82, 2.24) is 0 Å². The summed E-state index contributed by atoms with van der Waals surface area (Å²) in [7, 11) is 0. The molecule has 0 spiro atoms. The Morgan fingerprint density at radius 3 is 2.76 bits per heavy atom. The number of hydrogen-bond donors (Lipinski definition) is 1. The van der Waals surface area contributed by atoms with Gasteiger partial charge in [-0.1, -0.05) is 43.6 Å². The van der Waals surface area contributed by atoms with Crippen LogP contribution in [0.3, 0.4) is 0 Å². The zero-order valence-electron chi connectivity index (χ0n) is 12.2. The van der Waals surface area contributed by atoms with Crippen LogP contribution in [-0.4, -0.2) is 12.8 Å². The fraction of sp³-hybridized carbons (Fsp3) is 0.235. The first-order valence-electron chi connectivity index (χ1n) is 6.91. The maximum absolute atomic E-state index is 5.92. The van der Waals surface area contributed by atoms with Crippen molar-refractivity contribution in [2.75, 3.05) is 12.0 Å². The van der Waals surface area contributed by atoms with Crippen LogP contribution < -0.4 is 10.2 Å². The lowest BCUT2D eigenvalue weighted by Crippen LogP contribution is -2.06. The monoisotopic (exact) mass is 302 g/mol.